The second-order valence-electron chi connectivity index (χ2n) is 5.28. The Bertz CT molecular complexity index is 610. The molecule has 1 heterocycles. The van der Waals surface area contributed by atoms with Gasteiger partial charge in [-0.25, -0.2) is 4.79 Å². The van der Waals surface area contributed by atoms with Crippen LogP contribution < -0.4 is 5.32 Å². The molecule has 1 fully saturated rings. The molecular formula is C15H17F3N2O3S. The zero-order valence-corrected chi connectivity index (χ0v) is 13.5. The Balaban J connectivity index is 2.14. The number of amides is 2. The minimum Gasteiger partial charge on any atom is -0.481 e. The predicted molar refractivity (Wildman–Crippen MR) is 83.9 cm³/mol. The van der Waals surface area contributed by atoms with Gasteiger partial charge in [0.1, 0.15) is 0 Å². The molecule has 1 aliphatic heterocycles. The van der Waals surface area contributed by atoms with Gasteiger partial charge in [-0.2, -0.15) is 24.9 Å². The van der Waals surface area contributed by atoms with Crippen molar-refractivity contribution in [3.63, 3.8) is 0 Å². The summed E-state index contributed by atoms with van der Waals surface area (Å²) in [6.07, 6.45) is -4.64. The van der Waals surface area contributed by atoms with Crippen molar-refractivity contribution in [3.8, 4) is 0 Å². The maximum Gasteiger partial charge on any atom is 0.416 e. The summed E-state index contributed by atoms with van der Waals surface area (Å²) in [6, 6.07) is 4.03. The van der Waals surface area contributed by atoms with Crippen LogP contribution in [0.15, 0.2) is 24.3 Å². The van der Waals surface area contributed by atoms with Crippen LogP contribution in [-0.2, 0) is 11.0 Å². The van der Waals surface area contributed by atoms with Gasteiger partial charge in [-0.1, -0.05) is 12.1 Å². The molecule has 5 nitrogen and oxygen atoms in total. The monoisotopic (exact) mass is 362 g/mol. The summed E-state index contributed by atoms with van der Waals surface area (Å²) in [6.45, 7) is 0.373. The first-order valence-corrected chi connectivity index (χ1v) is 8.45. The maximum atomic E-state index is 12.9. The summed E-state index contributed by atoms with van der Waals surface area (Å²) in [5.41, 5.74) is -0.327. The van der Waals surface area contributed by atoms with Crippen LogP contribution in [0.4, 0.5) is 18.0 Å². The molecule has 1 saturated heterocycles. The van der Waals surface area contributed by atoms with E-state index >= 15 is 0 Å². The Morgan fingerprint density at radius 3 is 2.79 bits per heavy atom. The number of alkyl halides is 3. The Hall–Kier alpha value is -1.90. The lowest BCUT2D eigenvalue weighted by Crippen LogP contribution is -2.46. The average Bonchev–Trinajstić information content (AvgIpc) is 2.54. The van der Waals surface area contributed by atoms with Gasteiger partial charge >= 0.3 is 18.2 Å². The van der Waals surface area contributed by atoms with E-state index in [1.807, 2.05) is 0 Å². The zero-order chi connectivity index (χ0) is 17.7. The fourth-order valence-electron chi connectivity index (χ4n) is 2.42. The van der Waals surface area contributed by atoms with Crippen LogP contribution in [0.25, 0.3) is 0 Å². The van der Waals surface area contributed by atoms with E-state index in [0.29, 0.717) is 23.6 Å². The number of benzene rings is 1. The van der Waals surface area contributed by atoms with Crippen LogP contribution in [0.5, 0.6) is 0 Å². The Morgan fingerprint density at radius 1 is 1.38 bits per heavy atom. The van der Waals surface area contributed by atoms with Gasteiger partial charge in [0.2, 0.25) is 0 Å². The van der Waals surface area contributed by atoms with E-state index in [4.69, 9.17) is 5.11 Å². The van der Waals surface area contributed by atoms with Crippen LogP contribution in [-0.4, -0.2) is 46.6 Å². The van der Waals surface area contributed by atoms with Crippen molar-refractivity contribution in [3.05, 3.63) is 35.4 Å². The molecule has 0 bridgehead atoms. The van der Waals surface area contributed by atoms with Crippen molar-refractivity contribution in [2.45, 2.75) is 18.6 Å². The molecule has 1 aromatic rings. The lowest BCUT2D eigenvalue weighted by molar-refractivity contribution is -0.138. The van der Waals surface area contributed by atoms with Gasteiger partial charge in [-0.05, 0) is 17.7 Å². The number of nitrogens with one attached hydrogen (secondary N) is 1. The third-order valence-electron chi connectivity index (χ3n) is 3.60. The number of rotatable bonds is 4. The standard InChI is InChI=1S/C15H17F3N2O3S/c16-15(17,18)11-3-1-2-10(8-11)12-9-24-7-6-20(12)14(23)19-5-4-13(21)22/h1-3,8,12H,4-7,9H2,(H,19,23)(H,21,22). The van der Waals surface area contributed by atoms with E-state index in [1.165, 1.54) is 11.0 Å². The molecule has 2 rings (SSSR count). The number of halogens is 3. The summed E-state index contributed by atoms with van der Waals surface area (Å²) in [4.78, 5) is 24.2. The lowest BCUT2D eigenvalue weighted by Gasteiger charge is -2.36. The van der Waals surface area contributed by atoms with Crippen molar-refractivity contribution < 1.29 is 27.9 Å². The number of carbonyl (C=O) groups excluding carboxylic acids is 1. The van der Waals surface area contributed by atoms with Gasteiger partial charge in [-0.3, -0.25) is 4.79 Å². The highest BCUT2D eigenvalue weighted by molar-refractivity contribution is 7.99. The fraction of sp³-hybridized carbons (Fsp3) is 0.467. The van der Waals surface area contributed by atoms with Gasteiger partial charge < -0.3 is 15.3 Å². The van der Waals surface area contributed by atoms with Gasteiger partial charge in [-0.15, -0.1) is 0 Å². The quantitative estimate of drug-likeness (QED) is 0.864. The van der Waals surface area contributed by atoms with Crippen molar-refractivity contribution >= 4 is 23.8 Å². The minimum absolute atomic E-state index is 0.0207. The average molecular weight is 362 g/mol. The van der Waals surface area contributed by atoms with Crippen LogP contribution in [0.2, 0.25) is 0 Å². The predicted octanol–water partition coefficient (Wildman–Crippen LogP) is 2.98. The number of carboxylic acid groups (broad SMARTS) is 1. The van der Waals surface area contributed by atoms with Crippen molar-refractivity contribution in [1.29, 1.82) is 0 Å². The number of thioether (sulfide) groups is 1. The van der Waals surface area contributed by atoms with Crippen LogP contribution in [0, 0.1) is 0 Å². The van der Waals surface area contributed by atoms with E-state index in [9.17, 15) is 22.8 Å². The molecule has 132 valence electrons. The molecule has 2 amide bonds. The van der Waals surface area contributed by atoms with Crippen molar-refractivity contribution in [2.24, 2.45) is 0 Å². The van der Waals surface area contributed by atoms with Crippen LogP contribution in [0.1, 0.15) is 23.6 Å². The first kappa shape index (κ1) is 18.4. The second kappa shape index (κ2) is 7.78. The highest BCUT2D eigenvalue weighted by Crippen LogP contribution is 2.34. The van der Waals surface area contributed by atoms with Crippen LogP contribution in [0.3, 0.4) is 0 Å². The molecule has 0 radical (unpaired) electrons. The topological polar surface area (TPSA) is 69.6 Å². The number of hydrogen-bond donors (Lipinski definition) is 2. The first-order chi connectivity index (χ1) is 11.3. The van der Waals surface area contributed by atoms with E-state index in [1.54, 1.807) is 17.8 Å². The number of nitrogens with zero attached hydrogens (tertiary/aromatic N) is 1. The first-order valence-electron chi connectivity index (χ1n) is 7.30. The third-order valence-corrected chi connectivity index (χ3v) is 4.63. The Labute approximate surface area is 141 Å². The number of carbonyl (C=O) groups is 2. The largest absolute Gasteiger partial charge is 0.481 e. The summed E-state index contributed by atoms with van der Waals surface area (Å²) < 4.78 is 38.6. The molecule has 1 unspecified atom stereocenters. The molecular weight excluding hydrogens is 345 g/mol. The molecule has 9 heteroatoms. The molecule has 1 aromatic carbocycles. The smallest absolute Gasteiger partial charge is 0.416 e. The number of urea groups is 1. The molecule has 1 aliphatic rings. The van der Waals surface area contributed by atoms with Gasteiger partial charge in [0, 0.05) is 24.6 Å². The van der Waals surface area contributed by atoms with E-state index in [2.05, 4.69) is 5.32 Å². The normalized spacial score (nSPS) is 18.3. The number of hydrogen-bond acceptors (Lipinski definition) is 3. The molecule has 2 N–H and O–H groups in total. The summed E-state index contributed by atoms with van der Waals surface area (Å²) in [5, 5.41) is 11.1. The Kier molecular flexibility index (Phi) is 5.98. The van der Waals surface area contributed by atoms with Crippen molar-refractivity contribution in [1.82, 2.24) is 10.2 Å². The molecule has 0 spiro atoms. The van der Waals surface area contributed by atoms with Crippen LogP contribution >= 0.6 is 11.8 Å². The molecule has 0 saturated carbocycles. The SMILES string of the molecule is O=C(O)CCNC(=O)N1CCSCC1c1cccc(C(F)(F)F)c1. The highest BCUT2D eigenvalue weighted by Gasteiger charge is 2.33. The Morgan fingerprint density at radius 2 is 2.12 bits per heavy atom. The lowest BCUT2D eigenvalue weighted by atomic mass is 10.0. The second-order valence-corrected chi connectivity index (χ2v) is 6.43. The highest BCUT2D eigenvalue weighted by atomic mass is 32.2. The summed E-state index contributed by atoms with van der Waals surface area (Å²) in [7, 11) is 0. The van der Waals surface area contributed by atoms with Crippen molar-refractivity contribution in [2.75, 3.05) is 24.6 Å². The molecule has 0 aliphatic carbocycles. The van der Waals surface area contributed by atoms with E-state index in [-0.39, 0.29) is 13.0 Å². The maximum absolute atomic E-state index is 12.9. The fourth-order valence-corrected chi connectivity index (χ4v) is 3.51. The zero-order valence-electron chi connectivity index (χ0n) is 12.7. The summed E-state index contributed by atoms with van der Waals surface area (Å²) in [5.74, 6) is 0.147. The molecule has 24 heavy (non-hydrogen) atoms. The van der Waals surface area contributed by atoms with E-state index in [0.717, 1.165) is 12.1 Å². The molecule has 1 atom stereocenters. The van der Waals surface area contributed by atoms with Gasteiger partial charge in [0.05, 0.1) is 18.0 Å². The minimum atomic E-state index is -4.44. The molecule has 0 aromatic heterocycles. The third kappa shape index (κ3) is 4.80. The number of carboxylic acids is 1. The summed E-state index contributed by atoms with van der Waals surface area (Å²) >= 11 is 1.56. The number of aliphatic carboxylic acids is 1. The van der Waals surface area contributed by atoms with E-state index < -0.39 is 29.8 Å². The van der Waals surface area contributed by atoms with Gasteiger partial charge in [0.25, 0.3) is 0 Å². The van der Waals surface area contributed by atoms with Gasteiger partial charge in [0.15, 0.2) is 0 Å².